The number of ether oxygens (including phenoxy) is 3. The van der Waals surface area contributed by atoms with Gasteiger partial charge in [-0.15, -0.1) is 11.3 Å². The molecule has 0 fully saturated rings. The van der Waals surface area contributed by atoms with Crippen molar-refractivity contribution in [1.82, 2.24) is 0 Å². The highest BCUT2D eigenvalue weighted by molar-refractivity contribution is 7.13. The molecule has 0 amide bonds. The van der Waals surface area contributed by atoms with Crippen molar-refractivity contribution >= 4 is 23.2 Å². The summed E-state index contributed by atoms with van der Waals surface area (Å²) in [6.45, 7) is 2.08. The van der Waals surface area contributed by atoms with Crippen molar-refractivity contribution in [3.8, 4) is 27.7 Å². The molecule has 144 valence electrons. The summed E-state index contributed by atoms with van der Waals surface area (Å²) in [5, 5.41) is 2.12. The zero-order valence-electron chi connectivity index (χ0n) is 16.3. The summed E-state index contributed by atoms with van der Waals surface area (Å²) < 4.78 is 15.9. The van der Waals surface area contributed by atoms with Crippen LogP contribution < -0.4 is 14.2 Å². The summed E-state index contributed by atoms with van der Waals surface area (Å²) in [6, 6.07) is 13.2. The van der Waals surface area contributed by atoms with Gasteiger partial charge in [-0.1, -0.05) is 0 Å². The summed E-state index contributed by atoms with van der Waals surface area (Å²) in [4.78, 5) is 13.8. The van der Waals surface area contributed by atoms with Crippen molar-refractivity contribution < 1.29 is 19.0 Å². The lowest BCUT2D eigenvalue weighted by Crippen LogP contribution is -1.97. The molecule has 0 bridgehead atoms. The minimum atomic E-state index is -0.125. The molecule has 5 heteroatoms. The first kappa shape index (κ1) is 19.7. The highest BCUT2D eigenvalue weighted by Gasteiger charge is 2.10. The van der Waals surface area contributed by atoms with E-state index >= 15 is 0 Å². The van der Waals surface area contributed by atoms with Gasteiger partial charge in [0.25, 0.3) is 0 Å². The zero-order chi connectivity index (χ0) is 20.1. The van der Waals surface area contributed by atoms with Crippen LogP contribution in [0.2, 0.25) is 0 Å². The monoisotopic (exact) mass is 394 g/mol. The maximum absolute atomic E-state index is 12.6. The van der Waals surface area contributed by atoms with E-state index < -0.39 is 0 Å². The van der Waals surface area contributed by atoms with Crippen molar-refractivity contribution in [2.75, 3.05) is 21.3 Å². The SMILES string of the molecule is COc1ccc(-c2cc(C)cs2)cc1C=CC(=O)c1ccc(OC)c(OC)c1. The summed E-state index contributed by atoms with van der Waals surface area (Å²) in [5.74, 6) is 1.70. The Morgan fingerprint density at radius 2 is 1.61 bits per heavy atom. The smallest absolute Gasteiger partial charge is 0.185 e. The van der Waals surface area contributed by atoms with Gasteiger partial charge < -0.3 is 14.2 Å². The Labute approximate surface area is 169 Å². The summed E-state index contributed by atoms with van der Waals surface area (Å²) in [6.07, 6.45) is 3.32. The third-order valence-corrected chi connectivity index (χ3v) is 5.42. The third-order valence-electron chi connectivity index (χ3n) is 4.33. The average Bonchev–Trinajstić information content (AvgIpc) is 3.17. The van der Waals surface area contributed by atoms with Gasteiger partial charge in [0.2, 0.25) is 0 Å². The fourth-order valence-corrected chi connectivity index (χ4v) is 3.75. The Morgan fingerprint density at radius 1 is 0.893 bits per heavy atom. The van der Waals surface area contributed by atoms with Crippen molar-refractivity contribution in [3.63, 3.8) is 0 Å². The van der Waals surface area contributed by atoms with E-state index in [2.05, 4.69) is 18.4 Å². The molecule has 3 aromatic rings. The normalized spacial score (nSPS) is 10.9. The minimum absolute atomic E-state index is 0.125. The maximum atomic E-state index is 12.6. The van der Waals surface area contributed by atoms with E-state index in [1.807, 2.05) is 18.2 Å². The van der Waals surface area contributed by atoms with Crippen molar-refractivity contribution in [1.29, 1.82) is 0 Å². The molecule has 3 rings (SSSR count). The van der Waals surface area contributed by atoms with Crippen LogP contribution >= 0.6 is 11.3 Å². The molecule has 0 saturated heterocycles. The van der Waals surface area contributed by atoms with E-state index in [-0.39, 0.29) is 5.78 Å². The van der Waals surface area contributed by atoms with Crippen LogP contribution in [0.4, 0.5) is 0 Å². The molecule has 0 unspecified atom stereocenters. The number of ketones is 1. The van der Waals surface area contributed by atoms with Crippen LogP contribution in [0.25, 0.3) is 16.5 Å². The van der Waals surface area contributed by atoms with Crippen molar-refractivity contribution in [2.24, 2.45) is 0 Å². The first-order valence-corrected chi connectivity index (χ1v) is 9.61. The maximum Gasteiger partial charge on any atom is 0.185 e. The van der Waals surface area contributed by atoms with Gasteiger partial charge in [0.1, 0.15) is 5.75 Å². The molecule has 0 saturated carbocycles. The topological polar surface area (TPSA) is 44.8 Å². The molecule has 1 aromatic heterocycles. The van der Waals surface area contributed by atoms with Gasteiger partial charge in [0.05, 0.1) is 21.3 Å². The van der Waals surface area contributed by atoms with E-state index in [9.17, 15) is 4.79 Å². The van der Waals surface area contributed by atoms with E-state index in [1.54, 1.807) is 63.0 Å². The first-order chi connectivity index (χ1) is 13.5. The largest absolute Gasteiger partial charge is 0.496 e. The highest BCUT2D eigenvalue weighted by atomic mass is 32.1. The van der Waals surface area contributed by atoms with Gasteiger partial charge in [-0.25, -0.2) is 0 Å². The van der Waals surface area contributed by atoms with Gasteiger partial charge in [0.15, 0.2) is 17.3 Å². The Bertz CT molecular complexity index is 1020. The van der Waals surface area contributed by atoms with Gasteiger partial charge in [-0.05, 0) is 78.0 Å². The van der Waals surface area contributed by atoms with Crippen LogP contribution in [0.3, 0.4) is 0 Å². The van der Waals surface area contributed by atoms with E-state index in [4.69, 9.17) is 14.2 Å². The molecule has 0 aliphatic carbocycles. The van der Waals surface area contributed by atoms with E-state index in [1.165, 1.54) is 10.4 Å². The third kappa shape index (κ3) is 4.26. The predicted octanol–water partition coefficient (Wildman–Crippen LogP) is 5.65. The Balaban J connectivity index is 1.89. The first-order valence-electron chi connectivity index (χ1n) is 8.73. The molecule has 0 aliphatic rings. The van der Waals surface area contributed by atoms with E-state index in [0.717, 1.165) is 11.1 Å². The summed E-state index contributed by atoms with van der Waals surface area (Å²) in [5.41, 5.74) is 3.70. The number of allylic oxidation sites excluding steroid dienone is 1. The molecule has 0 spiro atoms. The molecular weight excluding hydrogens is 372 g/mol. The lowest BCUT2D eigenvalue weighted by Gasteiger charge is -2.08. The molecule has 28 heavy (non-hydrogen) atoms. The summed E-state index contributed by atoms with van der Waals surface area (Å²) in [7, 11) is 4.73. The molecule has 4 nitrogen and oxygen atoms in total. The number of rotatable bonds is 7. The molecule has 0 radical (unpaired) electrons. The second kappa shape index (κ2) is 8.76. The quantitative estimate of drug-likeness (QED) is 0.384. The standard InChI is InChI=1S/C23H22O4S/c1-15-11-23(28-14-15)18-7-9-20(25-2)17(12-18)5-8-19(24)16-6-10-21(26-3)22(13-16)27-4/h5-14H,1-4H3. The number of carbonyl (C=O) groups excluding carboxylic acids is 1. The van der Waals surface area contributed by atoms with Crippen LogP contribution in [0.5, 0.6) is 17.2 Å². The summed E-state index contributed by atoms with van der Waals surface area (Å²) >= 11 is 1.70. The highest BCUT2D eigenvalue weighted by Crippen LogP contribution is 2.32. The van der Waals surface area contributed by atoms with Gasteiger partial charge in [-0.2, -0.15) is 0 Å². The van der Waals surface area contributed by atoms with Crippen LogP contribution in [-0.4, -0.2) is 27.1 Å². The number of thiophene rings is 1. The van der Waals surface area contributed by atoms with Crippen molar-refractivity contribution in [3.05, 3.63) is 70.6 Å². The van der Waals surface area contributed by atoms with Crippen LogP contribution in [0.15, 0.2) is 53.9 Å². The lowest BCUT2D eigenvalue weighted by molar-refractivity contribution is 0.104. The number of hydrogen-bond donors (Lipinski definition) is 0. The Kier molecular flexibility index (Phi) is 6.16. The zero-order valence-corrected chi connectivity index (χ0v) is 17.1. The molecular formula is C23H22O4S. The minimum Gasteiger partial charge on any atom is -0.496 e. The van der Waals surface area contributed by atoms with Gasteiger partial charge in [-0.3, -0.25) is 4.79 Å². The van der Waals surface area contributed by atoms with Crippen LogP contribution in [0.1, 0.15) is 21.5 Å². The Morgan fingerprint density at radius 3 is 2.25 bits per heavy atom. The lowest BCUT2D eigenvalue weighted by atomic mass is 10.1. The Hall–Kier alpha value is -3.05. The fraction of sp³-hybridized carbons (Fsp3) is 0.174. The van der Waals surface area contributed by atoms with Gasteiger partial charge in [0, 0.05) is 16.0 Å². The van der Waals surface area contributed by atoms with Crippen LogP contribution in [-0.2, 0) is 0 Å². The van der Waals surface area contributed by atoms with Crippen LogP contribution in [0, 0.1) is 6.92 Å². The fourth-order valence-electron chi connectivity index (χ4n) is 2.85. The van der Waals surface area contributed by atoms with Crippen molar-refractivity contribution in [2.45, 2.75) is 6.92 Å². The second-order valence-electron chi connectivity index (χ2n) is 6.21. The average molecular weight is 394 g/mol. The number of aryl methyl sites for hydroxylation is 1. The molecule has 0 N–H and O–H groups in total. The predicted molar refractivity (Wildman–Crippen MR) is 114 cm³/mol. The molecule has 0 aliphatic heterocycles. The number of hydrogen-bond acceptors (Lipinski definition) is 5. The second-order valence-corrected chi connectivity index (χ2v) is 7.12. The number of methoxy groups -OCH3 is 3. The molecule has 0 atom stereocenters. The number of benzene rings is 2. The van der Waals surface area contributed by atoms with Gasteiger partial charge >= 0.3 is 0 Å². The van der Waals surface area contributed by atoms with E-state index in [0.29, 0.717) is 22.8 Å². The number of carbonyl (C=O) groups is 1. The molecule has 2 aromatic carbocycles. The molecule has 1 heterocycles.